The number of carbonyl (C=O) groups is 2. The molecular formula is C18H27NO6. The molecule has 0 saturated carbocycles. The van der Waals surface area contributed by atoms with Gasteiger partial charge in [0.1, 0.15) is 17.4 Å². The molecule has 2 rings (SSSR count). The molecule has 140 valence electrons. The Bertz CT molecular complexity index is 593. The summed E-state index contributed by atoms with van der Waals surface area (Å²) in [5.41, 5.74) is -1.09. The van der Waals surface area contributed by atoms with Crippen molar-refractivity contribution in [2.75, 3.05) is 7.11 Å². The standard InChI is InChI=1S/C17H23NO5.CH4O/c1-16(2,3)23-15(21)18-12(11-9-7-6-8-10-11)13(14(19)20)22-17(18,4)5;1-2/h6-10,12-13H,1-5H3,(H,19,20);2H,1H3/t12-,13+;/m0./s1. The highest BCUT2D eigenvalue weighted by atomic mass is 16.6. The van der Waals surface area contributed by atoms with Crippen molar-refractivity contribution in [1.82, 2.24) is 4.90 Å². The number of carbonyl (C=O) groups excluding carboxylic acids is 1. The van der Waals surface area contributed by atoms with E-state index in [1.165, 1.54) is 4.90 Å². The minimum atomic E-state index is -1.15. The van der Waals surface area contributed by atoms with Crippen molar-refractivity contribution in [3.05, 3.63) is 35.9 Å². The van der Waals surface area contributed by atoms with Crippen LogP contribution in [0.5, 0.6) is 0 Å². The van der Waals surface area contributed by atoms with E-state index in [1.807, 2.05) is 6.07 Å². The number of carboxylic acids is 1. The van der Waals surface area contributed by atoms with Crippen molar-refractivity contribution in [1.29, 1.82) is 0 Å². The smallest absolute Gasteiger partial charge is 0.413 e. The van der Waals surface area contributed by atoms with Gasteiger partial charge < -0.3 is 19.7 Å². The summed E-state index contributed by atoms with van der Waals surface area (Å²) in [6.45, 7) is 8.62. The van der Waals surface area contributed by atoms with Gasteiger partial charge in [-0.2, -0.15) is 0 Å². The molecule has 2 atom stereocenters. The highest BCUT2D eigenvalue weighted by Gasteiger charge is 2.54. The van der Waals surface area contributed by atoms with Crippen molar-refractivity contribution in [2.24, 2.45) is 0 Å². The van der Waals surface area contributed by atoms with Gasteiger partial charge >= 0.3 is 12.1 Å². The Hall–Kier alpha value is -2.12. The zero-order chi connectivity index (χ0) is 19.4. The second-order valence-electron chi connectivity index (χ2n) is 7.03. The summed E-state index contributed by atoms with van der Waals surface area (Å²) < 4.78 is 11.1. The van der Waals surface area contributed by atoms with Gasteiger partial charge in [0.25, 0.3) is 0 Å². The van der Waals surface area contributed by atoms with Crippen LogP contribution in [0.15, 0.2) is 30.3 Å². The first kappa shape index (κ1) is 20.9. The van der Waals surface area contributed by atoms with Crippen molar-refractivity contribution in [2.45, 2.75) is 58.1 Å². The van der Waals surface area contributed by atoms with Crippen LogP contribution in [0.25, 0.3) is 0 Å². The molecule has 1 aliphatic heterocycles. The van der Waals surface area contributed by atoms with E-state index in [-0.39, 0.29) is 0 Å². The number of aliphatic hydroxyl groups is 1. The van der Waals surface area contributed by atoms with Gasteiger partial charge in [-0.15, -0.1) is 0 Å². The van der Waals surface area contributed by atoms with Crippen molar-refractivity contribution >= 4 is 12.1 Å². The fourth-order valence-corrected chi connectivity index (χ4v) is 2.71. The molecule has 1 fully saturated rings. The topological polar surface area (TPSA) is 96.3 Å². The summed E-state index contributed by atoms with van der Waals surface area (Å²) >= 11 is 0. The molecule has 0 aliphatic carbocycles. The third-order valence-electron chi connectivity index (χ3n) is 3.54. The summed E-state index contributed by atoms with van der Waals surface area (Å²) in [7, 11) is 1.00. The van der Waals surface area contributed by atoms with Crippen LogP contribution in [-0.4, -0.2) is 51.7 Å². The average molecular weight is 353 g/mol. The number of hydrogen-bond acceptors (Lipinski definition) is 5. The number of rotatable bonds is 2. The fraction of sp³-hybridized carbons (Fsp3) is 0.556. The maximum absolute atomic E-state index is 12.7. The largest absolute Gasteiger partial charge is 0.479 e. The van der Waals surface area contributed by atoms with Gasteiger partial charge in [-0.25, -0.2) is 9.59 Å². The summed E-state index contributed by atoms with van der Waals surface area (Å²) in [4.78, 5) is 25.6. The van der Waals surface area contributed by atoms with Crippen LogP contribution in [0.2, 0.25) is 0 Å². The Morgan fingerprint density at radius 1 is 1.16 bits per heavy atom. The van der Waals surface area contributed by atoms with Gasteiger partial charge in [0, 0.05) is 7.11 Å². The van der Waals surface area contributed by atoms with Crippen molar-refractivity contribution in [3.63, 3.8) is 0 Å². The van der Waals surface area contributed by atoms with E-state index in [9.17, 15) is 14.7 Å². The van der Waals surface area contributed by atoms with Gasteiger partial charge in [-0.3, -0.25) is 4.90 Å². The first-order chi connectivity index (χ1) is 11.5. The molecule has 1 amide bonds. The summed E-state index contributed by atoms with van der Waals surface area (Å²) in [5, 5.41) is 16.5. The van der Waals surface area contributed by atoms with E-state index >= 15 is 0 Å². The lowest BCUT2D eigenvalue weighted by molar-refractivity contribution is -0.155. The molecule has 1 aromatic rings. The molecular weight excluding hydrogens is 326 g/mol. The molecule has 2 N–H and O–H groups in total. The Kier molecular flexibility index (Phi) is 6.56. The summed E-state index contributed by atoms with van der Waals surface area (Å²) in [6.07, 6.45) is -1.75. The highest BCUT2D eigenvalue weighted by molar-refractivity contribution is 5.78. The van der Waals surface area contributed by atoms with Crippen LogP contribution in [0.4, 0.5) is 4.79 Å². The molecule has 7 heteroatoms. The maximum Gasteiger partial charge on any atom is 0.413 e. The predicted molar refractivity (Wildman–Crippen MR) is 92.0 cm³/mol. The molecule has 0 bridgehead atoms. The number of amides is 1. The van der Waals surface area contributed by atoms with Gasteiger partial charge in [-0.1, -0.05) is 30.3 Å². The molecule has 0 unspecified atom stereocenters. The SMILES string of the molecule is CC(C)(C)OC(=O)N1[C@@H](c2ccccc2)[C@H](C(=O)O)OC1(C)C.CO. The van der Waals surface area contributed by atoms with Gasteiger partial charge in [-0.05, 0) is 40.2 Å². The van der Waals surface area contributed by atoms with Gasteiger partial charge in [0.05, 0.1) is 0 Å². The van der Waals surface area contributed by atoms with E-state index in [2.05, 4.69) is 0 Å². The molecule has 7 nitrogen and oxygen atoms in total. The first-order valence-corrected chi connectivity index (χ1v) is 7.95. The van der Waals surface area contributed by atoms with E-state index in [0.29, 0.717) is 5.56 Å². The van der Waals surface area contributed by atoms with E-state index in [4.69, 9.17) is 14.6 Å². The Labute approximate surface area is 148 Å². The lowest BCUT2D eigenvalue weighted by Crippen LogP contribution is -2.47. The molecule has 0 radical (unpaired) electrons. The molecule has 0 aromatic heterocycles. The number of ether oxygens (including phenoxy) is 2. The Morgan fingerprint density at radius 3 is 2.12 bits per heavy atom. The van der Waals surface area contributed by atoms with E-state index < -0.39 is 35.5 Å². The minimum Gasteiger partial charge on any atom is -0.479 e. The molecule has 25 heavy (non-hydrogen) atoms. The molecule has 1 heterocycles. The van der Waals surface area contributed by atoms with Gasteiger partial charge in [0.15, 0.2) is 6.10 Å². The number of aliphatic carboxylic acids is 1. The van der Waals surface area contributed by atoms with Crippen LogP contribution < -0.4 is 0 Å². The normalized spacial score (nSPS) is 22.0. The second-order valence-corrected chi connectivity index (χ2v) is 7.03. The zero-order valence-electron chi connectivity index (χ0n) is 15.5. The Balaban J connectivity index is 0.00000151. The molecule has 1 aromatic carbocycles. The lowest BCUT2D eigenvalue weighted by Gasteiger charge is -2.35. The fourth-order valence-electron chi connectivity index (χ4n) is 2.71. The summed E-state index contributed by atoms with van der Waals surface area (Å²) in [6, 6.07) is 8.24. The van der Waals surface area contributed by atoms with E-state index in [0.717, 1.165) is 7.11 Å². The van der Waals surface area contributed by atoms with E-state index in [1.54, 1.807) is 58.9 Å². The number of carboxylic acid groups (broad SMARTS) is 1. The first-order valence-electron chi connectivity index (χ1n) is 7.95. The van der Waals surface area contributed by atoms with Crippen molar-refractivity contribution in [3.8, 4) is 0 Å². The number of nitrogens with zero attached hydrogens (tertiary/aromatic N) is 1. The third kappa shape index (κ3) is 4.93. The maximum atomic E-state index is 12.7. The number of benzene rings is 1. The monoisotopic (exact) mass is 353 g/mol. The Morgan fingerprint density at radius 2 is 1.68 bits per heavy atom. The van der Waals surface area contributed by atoms with Crippen LogP contribution in [0.1, 0.15) is 46.2 Å². The zero-order valence-corrected chi connectivity index (χ0v) is 15.5. The lowest BCUT2D eigenvalue weighted by atomic mass is 10.0. The highest BCUT2D eigenvalue weighted by Crippen LogP contribution is 2.42. The van der Waals surface area contributed by atoms with Crippen LogP contribution in [0, 0.1) is 0 Å². The number of aliphatic hydroxyl groups excluding tert-OH is 1. The number of hydrogen-bond donors (Lipinski definition) is 2. The second kappa shape index (κ2) is 7.84. The van der Waals surface area contributed by atoms with Crippen molar-refractivity contribution < 1.29 is 29.3 Å². The van der Waals surface area contributed by atoms with Gasteiger partial charge in [0.2, 0.25) is 0 Å². The van der Waals surface area contributed by atoms with Crippen LogP contribution >= 0.6 is 0 Å². The average Bonchev–Trinajstić information content (AvgIpc) is 2.80. The van der Waals surface area contributed by atoms with Crippen LogP contribution in [-0.2, 0) is 14.3 Å². The molecule has 1 saturated heterocycles. The third-order valence-corrected chi connectivity index (χ3v) is 3.54. The summed E-state index contributed by atoms with van der Waals surface area (Å²) in [5.74, 6) is -1.11. The quantitative estimate of drug-likeness (QED) is 0.849. The molecule has 1 aliphatic rings. The predicted octanol–water partition coefficient (Wildman–Crippen LogP) is 2.79. The molecule has 0 spiro atoms. The van der Waals surface area contributed by atoms with Crippen LogP contribution in [0.3, 0.4) is 0 Å². The minimum absolute atomic E-state index is 0.597.